The van der Waals surface area contributed by atoms with E-state index in [4.69, 9.17) is 4.74 Å². The number of aliphatic hydroxyl groups is 1. The van der Waals surface area contributed by atoms with Crippen LogP contribution in [0, 0.1) is 0 Å². The molecule has 1 amide bonds. The lowest BCUT2D eigenvalue weighted by Crippen LogP contribution is -2.44. The number of benzene rings is 1. The van der Waals surface area contributed by atoms with Crippen LogP contribution in [0.25, 0.3) is 11.0 Å². The number of hydrogen-bond donors (Lipinski definition) is 3. The van der Waals surface area contributed by atoms with Crippen molar-refractivity contribution in [3.8, 4) is 0 Å². The summed E-state index contributed by atoms with van der Waals surface area (Å²) in [6, 6.07) is 7.80. The number of ether oxygens (including phenoxy) is 1. The van der Waals surface area contributed by atoms with Crippen LogP contribution in [0.2, 0.25) is 0 Å². The number of rotatable bonds is 7. The average Bonchev–Trinajstić information content (AvgIpc) is 3.02. The maximum absolute atomic E-state index is 11.9. The number of β-amino-alcohol motifs (C(OH)–C–C–N with tert-alkyl or cyclic N) is 1. The van der Waals surface area contributed by atoms with E-state index in [1.165, 1.54) is 0 Å². The molecule has 0 spiro atoms. The predicted octanol–water partition coefficient (Wildman–Crippen LogP) is 0.305. The van der Waals surface area contributed by atoms with E-state index in [1.807, 2.05) is 24.3 Å². The number of hydrogen-bond acceptors (Lipinski definition) is 5. The molecule has 0 saturated carbocycles. The van der Waals surface area contributed by atoms with Crippen molar-refractivity contribution in [2.75, 3.05) is 39.4 Å². The van der Waals surface area contributed by atoms with E-state index in [0.29, 0.717) is 32.6 Å². The molecular formula is C17H24N4O3. The highest BCUT2D eigenvalue weighted by atomic mass is 16.5. The van der Waals surface area contributed by atoms with Crippen molar-refractivity contribution in [3.05, 3.63) is 30.1 Å². The van der Waals surface area contributed by atoms with Gasteiger partial charge >= 0.3 is 0 Å². The summed E-state index contributed by atoms with van der Waals surface area (Å²) in [6.07, 6.45) is 0.350. The van der Waals surface area contributed by atoms with Crippen LogP contribution in [-0.4, -0.2) is 71.4 Å². The maximum Gasteiger partial charge on any atom is 0.220 e. The minimum Gasteiger partial charge on any atom is -0.390 e. The van der Waals surface area contributed by atoms with Gasteiger partial charge in [-0.15, -0.1) is 0 Å². The van der Waals surface area contributed by atoms with E-state index in [2.05, 4.69) is 20.2 Å². The van der Waals surface area contributed by atoms with E-state index >= 15 is 0 Å². The number of morpholine rings is 1. The number of carbonyl (C=O) groups is 1. The first-order chi connectivity index (χ1) is 11.7. The lowest BCUT2D eigenvalue weighted by atomic mass is 10.2. The Labute approximate surface area is 141 Å². The van der Waals surface area contributed by atoms with Crippen molar-refractivity contribution in [2.24, 2.45) is 0 Å². The summed E-state index contributed by atoms with van der Waals surface area (Å²) in [5, 5.41) is 12.8. The number of aromatic nitrogens is 2. The molecule has 1 saturated heterocycles. The van der Waals surface area contributed by atoms with E-state index in [1.54, 1.807) is 0 Å². The van der Waals surface area contributed by atoms with Crippen LogP contribution in [0.4, 0.5) is 0 Å². The van der Waals surface area contributed by atoms with E-state index < -0.39 is 6.10 Å². The van der Waals surface area contributed by atoms with Crippen molar-refractivity contribution in [1.29, 1.82) is 0 Å². The standard InChI is InChI=1S/C17H24N4O3/c22-13(12-21-7-9-24-10-8-21)11-18-17(23)6-5-16-19-14-3-1-2-4-15(14)20-16/h1-4,13,22H,5-12H2,(H,18,23)(H,19,20)/t13-/m0/s1. The number of aliphatic hydroxyl groups excluding tert-OH is 1. The van der Waals surface area contributed by atoms with Crippen molar-refractivity contribution < 1.29 is 14.6 Å². The number of para-hydroxylation sites is 2. The summed E-state index contributed by atoms with van der Waals surface area (Å²) in [6.45, 7) is 3.91. The summed E-state index contributed by atoms with van der Waals surface area (Å²) in [5.74, 6) is 0.733. The summed E-state index contributed by atoms with van der Waals surface area (Å²) < 4.78 is 5.27. The van der Waals surface area contributed by atoms with Gasteiger partial charge in [-0.05, 0) is 12.1 Å². The third-order valence-electron chi connectivity index (χ3n) is 4.13. The number of carbonyl (C=O) groups excluding carboxylic acids is 1. The molecule has 3 rings (SSSR count). The Bertz CT molecular complexity index is 634. The number of nitrogens with zero attached hydrogens (tertiary/aromatic N) is 2. The van der Waals surface area contributed by atoms with Crippen LogP contribution < -0.4 is 5.32 Å². The fraction of sp³-hybridized carbons (Fsp3) is 0.529. The smallest absolute Gasteiger partial charge is 0.220 e. The summed E-state index contributed by atoms with van der Waals surface area (Å²) in [5.41, 5.74) is 1.89. The fourth-order valence-electron chi connectivity index (χ4n) is 2.82. The lowest BCUT2D eigenvalue weighted by Gasteiger charge is -2.28. The molecule has 0 bridgehead atoms. The zero-order valence-corrected chi connectivity index (χ0v) is 13.7. The Balaban J connectivity index is 1.37. The molecule has 1 atom stereocenters. The van der Waals surface area contributed by atoms with Gasteiger partial charge in [-0.25, -0.2) is 4.98 Å². The molecule has 130 valence electrons. The molecule has 2 aromatic rings. The molecule has 3 N–H and O–H groups in total. The summed E-state index contributed by atoms with van der Waals surface area (Å²) in [7, 11) is 0. The Morgan fingerprint density at radius 3 is 2.96 bits per heavy atom. The largest absolute Gasteiger partial charge is 0.390 e. The number of aryl methyl sites for hydroxylation is 1. The number of imidazole rings is 1. The first-order valence-electron chi connectivity index (χ1n) is 8.39. The Hall–Kier alpha value is -1.96. The third-order valence-corrected chi connectivity index (χ3v) is 4.13. The highest BCUT2D eigenvalue weighted by Gasteiger charge is 2.15. The van der Waals surface area contributed by atoms with Crippen molar-refractivity contribution in [3.63, 3.8) is 0 Å². The zero-order chi connectivity index (χ0) is 16.8. The van der Waals surface area contributed by atoms with Gasteiger partial charge in [-0.3, -0.25) is 9.69 Å². The van der Waals surface area contributed by atoms with Crippen molar-refractivity contribution >= 4 is 16.9 Å². The fourth-order valence-corrected chi connectivity index (χ4v) is 2.82. The number of nitrogens with one attached hydrogen (secondary N) is 2. The van der Waals surface area contributed by atoms with E-state index in [0.717, 1.165) is 29.9 Å². The quantitative estimate of drug-likeness (QED) is 0.679. The minimum atomic E-state index is -0.557. The van der Waals surface area contributed by atoms with Crippen LogP contribution in [0.1, 0.15) is 12.2 Å². The van der Waals surface area contributed by atoms with Crippen LogP contribution in [0.15, 0.2) is 24.3 Å². The topological polar surface area (TPSA) is 90.5 Å². The number of aromatic amines is 1. The lowest BCUT2D eigenvalue weighted by molar-refractivity contribution is -0.121. The van der Waals surface area contributed by atoms with E-state index in [-0.39, 0.29) is 12.5 Å². The van der Waals surface area contributed by atoms with Gasteiger partial charge in [0, 0.05) is 39.0 Å². The Morgan fingerprint density at radius 1 is 1.38 bits per heavy atom. The molecule has 0 radical (unpaired) electrons. The van der Waals surface area contributed by atoms with Gasteiger partial charge in [0.25, 0.3) is 0 Å². The molecule has 0 aliphatic carbocycles. The Morgan fingerprint density at radius 2 is 2.17 bits per heavy atom. The van der Waals surface area contributed by atoms with Gasteiger partial charge in [-0.1, -0.05) is 12.1 Å². The molecule has 0 unspecified atom stereocenters. The average molecular weight is 332 g/mol. The second kappa shape index (κ2) is 8.23. The van der Waals surface area contributed by atoms with Crippen molar-refractivity contribution in [1.82, 2.24) is 20.2 Å². The van der Waals surface area contributed by atoms with Gasteiger partial charge in [0.1, 0.15) is 5.82 Å². The van der Waals surface area contributed by atoms with Gasteiger partial charge in [0.05, 0.1) is 30.4 Å². The van der Waals surface area contributed by atoms with Crippen LogP contribution >= 0.6 is 0 Å². The second-order valence-corrected chi connectivity index (χ2v) is 6.07. The predicted molar refractivity (Wildman–Crippen MR) is 90.7 cm³/mol. The molecule has 7 nitrogen and oxygen atoms in total. The molecule has 1 aliphatic heterocycles. The summed E-state index contributed by atoms with van der Waals surface area (Å²) in [4.78, 5) is 21.7. The highest BCUT2D eigenvalue weighted by Crippen LogP contribution is 2.11. The van der Waals surface area contributed by atoms with Gasteiger partial charge in [-0.2, -0.15) is 0 Å². The summed E-state index contributed by atoms with van der Waals surface area (Å²) >= 11 is 0. The molecule has 7 heteroatoms. The number of H-pyrrole nitrogens is 1. The molecule has 1 aliphatic rings. The zero-order valence-electron chi connectivity index (χ0n) is 13.7. The number of amides is 1. The normalized spacial score (nSPS) is 17.0. The first-order valence-corrected chi connectivity index (χ1v) is 8.39. The minimum absolute atomic E-state index is 0.0727. The third kappa shape index (κ3) is 4.77. The molecule has 1 fully saturated rings. The highest BCUT2D eigenvalue weighted by molar-refractivity contribution is 5.77. The monoisotopic (exact) mass is 332 g/mol. The number of fused-ring (bicyclic) bond motifs is 1. The molecule has 1 aromatic heterocycles. The molecule has 1 aromatic carbocycles. The second-order valence-electron chi connectivity index (χ2n) is 6.07. The van der Waals surface area contributed by atoms with Crippen LogP contribution in [0.3, 0.4) is 0 Å². The molecule has 24 heavy (non-hydrogen) atoms. The van der Waals surface area contributed by atoms with Gasteiger partial charge in [0.2, 0.25) is 5.91 Å². The van der Waals surface area contributed by atoms with Gasteiger partial charge in [0.15, 0.2) is 0 Å². The Kier molecular flexibility index (Phi) is 5.79. The van der Waals surface area contributed by atoms with Crippen LogP contribution in [-0.2, 0) is 16.0 Å². The molecule has 2 heterocycles. The maximum atomic E-state index is 11.9. The van der Waals surface area contributed by atoms with Gasteiger partial charge < -0.3 is 20.1 Å². The first kappa shape index (κ1) is 16.9. The van der Waals surface area contributed by atoms with Crippen LogP contribution in [0.5, 0.6) is 0 Å². The molecular weight excluding hydrogens is 308 g/mol. The van der Waals surface area contributed by atoms with E-state index in [9.17, 15) is 9.90 Å². The van der Waals surface area contributed by atoms with Crippen molar-refractivity contribution in [2.45, 2.75) is 18.9 Å². The SMILES string of the molecule is O=C(CCc1nc2ccccc2[nH]1)NC[C@H](O)CN1CCOCC1.